The number of halogens is 1. The number of methoxy groups -OCH3 is 1. The first-order chi connectivity index (χ1) is 13.6. The van der Waals surface area contributed by atoms with Crippen LogP contribution in [-0.4, -0.2) is 31.1 Å². The summed E-state index contributed by atoms with van der Waals surface area (Å²) in [7, 11) is 1.68. The number of aromatic amines is 1. The smallest absolute Gasteiger partial charge is 0.258 e. The van der Waals surface area contributed by atoms with E-state index in [1.54, 1.807) is 7.11 Å². The first-order valence-electron chi connectivity index (χ1n) is 9.66. The van der Waals surface area contributed by atoms with Gasteiger partial charge >= 0.3 is 0 Å². The van der Waals surface area contributed by atoms with Crippen LogP contribution in [0, 0.1) is 0 Å². The third-order valence-corrected chi connectivity index (χ3v) is 6.41. The van der Waals surface area contributed by atoms with Crippen molar-refractivity contribution in [3.63, 3.8) is 0 Å². The number of carbonyl (C=O) groups excluding carboxylic acids is 1. The average molecular weight is 440 g/mol. The van der Waals surface area contributed by atoms with E-state index in [0.717, 1.165) is 57.5 Å². The van der Waals surface area contributed by atoms with Crippen molar-refractivity contribution in [1.29, 1.82) is 0 Å². The molecular formula is C22H22BrN3O2. The number of fused-ring (bicyclic) bond motifs is 6. The van der Waals surface area contributed by atoms with Crippen LogP contribution in [0.25, 0.3) is 10.9 Å². The fraction of sp³-hybridized carbons (Fsp3) is 0.318. The lowest BCUT2D eigenvalue weighted by Gasteiger charge is -2.34. The second-order valence-corrected chi connectivity index (χ2v) is 8.35. The van der Waals surface area contributed by atoms with Gasteiger partial charge in [-0.05, 0) is 54.8 Å². The fourth-order valence-electron chi connectivity index (χ4n) is 4.73. The number of amides is 1. The molecule has 3 aromatic rings. The van der Waals surface area contributed by atoms with E-state index in [4.69, 9.17) is 4.74 Å². The largest absolute Gasteiger partial charge is 0.497 e. The van der Waals surface area contributed by atoms with Gasteiger partial charge in [0.1, 0.15) is 5.75 Å². The molecule has 3 heterocycles. The summed E-state index contributed by atoms with van der Waals surface area (Å²) in [5, 5.41) is 4.72. The Morgan fingerprint density at radius 1 is 1.25 bits per heavy atom. The predicted octanol–water partition coefficient (Wildman–Crippen LogP) is 4.08. The van der Waals surface area contributed by atoms with Crippen molar-refractivity contribution in [3.8, 4) is 5.75 Å². The highest BCUT2D eigenvalue weighted by Gasteiger charge is 2.55. The Morgan fingerprint density at radius 3 is 2.89 bits per heavy atom. The molecule has 2 aliphatic heterocycles. The standard InChI is InChI=1S/C22H22BrN3O2/c1-3-10-26-19-7-4-13(23)11-17(19)22(21(26)27)20-15(8-9-24-22)16-12-14(28-2)5-6-18(16)25-20/h4-7,11-12,24-25H,3,8-10H2,1-2H3. The Bertz CT molecular complexity index is 1110. The number of anilines is 1. The number of aromatic nitrogens is 1. The number of nitrogens with zero attached hydrogens (tertiary/aromatic N) is 1. The third kappa shape index (κ3) is 2.25. The summed E-state index contributed by atoms with van der Waals surface area (Å²) < 4.78 is 6.41. The van der Waals surface area contributed by atoms with Crippen LogP contribution in [0.5, 0.6) is 5.75 Å². The molecule has 0 saturated heterocycles. The van der Waals surface area contributed by atoms with Gasteiger partial charge in [0, 0.05) is 39.7 Å². The molecule has 0 bridgehead atoms. The van der Waals surface area contributed by atoms with Crippen LogP contribution in [0.15, 0.2) is 40.9 Å². The number of nitrogens with one attached hydrogen (secondary N) is 2. The van der Waals surface area contributed by atoms with Gasteiger partial charge in [-0.2, -0.15) is 0 Å². The number of hydrogen-bond donors (Lipinski definition) is 2. The van der Waals surface area contributed by atoms with Crippen molar-refractivity contribution in [2.75, 3.05) is 25.1 Å². The molecule has 144 valence electrons. The van der Waals surface area contributed by atoms with Crippen molar-refractivity contribution < 1.29 is 9.53 Å². The van der Waals surface area contributed by atoms with E-state index in [2.05, 4.69) is 45.3 Å². The molecule has 0 saturated carbocycles. The van der Waals surface area contributed by atoms with Gasteiger partial charge in [0.25, 0.3) is 5.91 Å². The van der Waals surface area contributed by atoms with Crippen molar-refractivity contribution in [3.05, 3.63) is 57.7 Å². The molecule has 1 unspecified atom stereocenters. The molecule has 5 rings (SSSR count). The van der Waals surface area contributed by atoms with Crippen LogP contribution < -0.4 is 15.0 Å². The Balaban J connectivity index is 1.80. The number of ether oxygens (including phenoxy) is 1. The maximum Gasteiger partial charge on any atom is 0.258 e. The Labute approximate surface area is 172 Å². The van der Waals surface area contributed by atoms with Gasteiger partial charge in [-0.15, -0.1) is 0 Å². The van der Waals surface area contributed by atoms with Crippen LogP contribution in [0.1, 0.15) is 30.2 Å². The normalized spacial score (nSPS) is 20.7. The molecule has 0 fully saturated rings. The van der Waals surface area contributed by atoms with Crippen LogP contribution in [0.4, 0.5) is 5.69 Å². The summed E-state index contributed by atoms with van der Waals surface area (Å²) in [4.78, 5) is 19.3. The van der Waals surface area contributed by atoms with Gasteiger partial charge in [0.2, 0.25) is 0 Å². The van der Waals surface area contributed by atoms with E-state index in [-0.39, 0.29) is 5.91 Å². The molecule has 2 N–H and O–H groups in total. The second kappa shape index (κ2) is 6.36. The second-order valence-electron chi connectivity index (χ2n) is 7.44. The van der Waals surface area contributed by atoms with Gasteiger partial charge in [0.15, 0.2) is 5.54 Å². The highest BCUT2D eigenvalue weighted by molar-refractivity contribution is 9.10. The van der Waals surface area contributed by atoms with E-state index in [0.29, 0.717) is 6.54 Å². The number of hydrogen-bond acceptors (Lipinski definition) is 3. The zero-order chi connectivity index (χ0) is 19.5. The van der Waals surface area contributed by atoms with Crippen LogP contribution in [0.2, 0.25) is 0 Å². The number of carbonyl (C=O) groups is 1. The van der Waals surface area contributed by atoms with Gasteiger partial charge in [0.05, 0.1) is 12.8 Å². The minimum absolute atomic E-state index is 0.0990. The molecule has 0 radical (unpaired) electrons. The Hall–Kier alpha value is -2.31. The molecule has 2 aliphatic rings. The van der Waals surface area contributed by atoms with Gasteiger partial charge in [-0.25, -0.2) is 0 Å². The molecule has 2 aromatic carbocycles. The zero-order valence-corrected chi connectivity index (χ0v) is 17.5. The minimum Gasteiger partial charge on any atom is -0.497 e. The Morgan fingerprint density at radius 2 is 2.11 bits per heavy atom. The minimum atomic E-state index is -0.867. The molecule has 1 spiro atoms. The van der Waals surface area contributed by atoms with E-state index < -0.39 is 5.54 Å². The quantitative estimate of drug-likeness (QED) is 0.645. The molecule has 1 amide bonds. The summed E-state index contributed by atoms with van der Waals surface area (Å²) in [6.45, 7) is 3.56. The monoisotopic (exact) mass is 439 g/mol. The maximum absolute atomic E-state index is 13.8. The van der Waals surface area contributed by atoms with Crippen molar-refractivity contribution in [2.24, 2.45) is 0 Å². The maximum atomic E-state index is 13.8. The lowest BCUT2D eigenvalue weighted by molar-refractivity contribution is -0.123. The van der Waals surface area contributed by atoms with E-state index in [1.807, 2.05) is 29.2 Å². The molecule has 6 heteroatoms. The predicted molar refractivity (Wildman–Crippen MR) is 114 cm³/mol. The van der Waals surface area contributed by atoms with Crippen molar-refractivity contribution in [1.82, 2.24) is 10.3 Å². The van der Waals surface area contributed by atoms with Crippen LogP contribution >= 0.6 is 15.9 Å². The molecule has 1 aromatic heterocycles. The molecule has 0 aliphatic carbocycles. The zero-order valence-electron chi connectivity index (χ0n) is 15.9. The van der Waals surface area contributed by atoms with Crippen LogP contribution in [-0.2, 0) is 16.8 Å². The molecule has 5 nitrogen and oxygen atoms in total. The summed E-state index contributed by atoms with van der Waals surface area (Å²) in [6, 6.07) is 12.2. The first kappa shape index (κ1) is 17.8. The average Bonchev–Trinajstić information content (AvgIpc) is 3.19. The van der Waals surface area contributed by atoms with Crippen LogP contribution in [0.3, 0.4) is 0 Å². The topological polar surface area (TPSA) is 57.4 Å². The fourth-order valence-corrected chi connectivity index (χ4v) is 5.09. The molecular weight excluding hydrogens is 418 g/mol. The summed E-state index contributed by atoms with van der Waals surface area (Å²) in [6.07, 6.45) is 1.78. The SMILES string of the molecule is CCCN1C(=O)C2(NCCc3c2[nH]c2ccc(OC)cc32)c2cc(Br)ccc21. The number of benzene rings is 2. The first-order valence-corrected chi connectivity index (χ1v) is 10.5. The molecule has 28 heavy (non-hydrogen) atoms. The van der Waals surface area contributed by atoms with Gasteiger partial charge < -0.3 is 14.6 Å². The summed E-state index contributed by atoms with van der Waals surface area (Å²) in [5.74, 6) is 0.928. The van der Waals surface area contributed by atoms with Gasteiger partial charge in [-0.3, -0.25) is 10.1 Å². The number of rotatable bonds is 3. The van der Waals surface area contributed by atoms with E-state index >= 15 is 0 Å². The lowest BCUT2D eigenvalue weighted by Crippen LogP contribution is -2.55. The van der Waals surface area contributed by atoms with Gasteiger partial charge in [-0.1, -0.05) is 22.9 Å². The highest BCUT2D eigenvalue weighted by atomic mass is 79.9. The van der Waals surface area contributed by atoms with Crippen molar-refractivity contribution in [2.45, 2.75) is 25.3 Å². The summed E-state index contributed by atoms with van der Waals surface area (Å²) >= 11 is 3.60. The summed E-state index contributed by atoms with van der Waals surface area (Å²) in [5.41, 5.74) is 4.34. The van der Waals surface area contributed by atoms with Crippen molar-refractivity contribution >= 4 is 38.4 Å². The van der Waals surface area contributed by atoms with E-state index in [1.165, 1.54) is 5.56 Å². The molecule has 1 atom stereocenters. The third-order valence-electron chi connectivity index (χ3n) is 5.92. The highest BCUT2D eigenvalue weighted by Crippen LogP contribution is 2.48. The van der Waals surface area contributed by atoms with E-state index in [9.17, 15) is 4.79 Å². The lowest BCUT2D eigenvalue weighted by atomic mass is 9.82. The number of H-pyrrole nitrogens is 1. The Kier molecular flexibility index (Phi) is 4.03.